The first kappa shape index (κ1) is 17.7. The van der Waals surface area contributed by atoms with Gasteiger partial charge < -0.3 is 9.64 Å². The van der Waals surface area contributed by atoms with Crippen molar-refractivity contribution in [2.45, 2.75) is 13.8 Å². The van der Waals surface area contributed by atoms with E-state index < -0.39 is 0 Å². The number of carbonyl (C=O) groups is 1. The summed E-state index contributed by atoms with van der Waals surface area (Å²) in [5.74, 6) is 0.389. The molecule has 3 aromatic rings. The summed E-state index contributed by atoms with van der Waals surface area (Å²) in [6.07, 6.45) is 3.02. The van der Waals surface area contributed by atoms with Crippen LogP contribution in [0.2, 0.25) is 0 Å². The Hall–Kier alpha value is -3.15. The Morgan fingerprint density at radius 2 is 2.00 bits per heavy atom. The van der Waals surface area contributed by atoms with E-state index in [-0.39, 0.29) is 17.0 Å². The fourth-order valence-corrected chi connectivity index (χ4v) is 2.64. The number of pyridine rings is 1. The SMILES string of the molecule is Cc1cccc(OCCN(C)C(=O)c2cnc3ccc(C)cn3c2=O)c1. The molecule has 0 aliphatic carbocycles. The quantitative estimate of drug-likeness (QED) is 0.708. The number of rotatable bonds is 5. The van der Waals surface area contributed by atoms with Gasteiger partial charge in [0.25, 0.3) is 11.5 Å². The van der Waals surface area contributed by atoms with E-state index in [0.717, 1.165) is 16.9 Å². The highest BCUT2D eigenvalue weighted by atomic mass is 16.5. The molecule has 0 bridgehead atoms. The smallest absolute Gasteiger partial charge is 0.270 e. The van der Waals surface area contributed by atoms with E-state index in [2.05, 4.69) is 4.98 Å². The topological polar surface area (TPSA) is 63.9 Å². The van der Waals surface area contributed by atoms with Gasteiger partial charge in [0.2, 0.25) is 0 Å². The van der Waals surface area contributed by atoms with Crippen molar-refractivity contribution in [1.29, 1.82) is 0 Å². The van der Waals surface area contributed by atoms with Crippen LogP contribution in [0, 0.1) is 13.8 Å². The molecule has 0 atom stereocenters. The van der Waals surface area contributed by atoms with Crippen molar-refractivity contribution in [3.05, 3.63) is 75.8 Å². The summed E-state index contributed by atoms with van der Waals surface area (Å²) in [7, 11) is 1.65. The van der Waals surface area contributed by atoms with Crippen molar-refractivity contribution in [1.82, 2.24) is 14.3 Å². The fourth-order valence-electron chi connectivity index (χ4n) is 2.64. The molecule has 26 heavy (non-hydrogen) atoms. The summed E-state index contributed by atoms with van der Waals surface area (Å²) in [4.78, 5) is 30.9. The van der Waals surface area contributed by atoms with Gasteiger partial charge in [-0.2, -0.15) is 0 Å². The second-order valence-corrected chi connectivity index (χ2v) is 6.30. The molecule has 0 unspecified atom stereocenters. The standard InChI is InChI=1S/C20H21N3O3/c1-14-5-4-6-16(11-14)26-10-9-22(3)19(24)17-12-21-18-8-7-15(2)13-23(18)20(17)25/h4-8,11-13H,9-10H2,1-3H3. The molecule has 3 rings (SSSR count). The average Bonchev–Trinajstić information content (AvgIpc) is 2.62. The highest BCUT2D eigenvalue weighted by Gasteiger charge is 2.17. The lowest BCUT2D eigenvalue weighted by molar-refractivity contribution is 0.0771. The number of aryl methyl sites for hydroxylation is 2. The number of carbonyl (C=O) groups excluding carboxylic acids is 1. The summed E-state index contributed by atoms with van der Waals surface area (Å²) in [5, 5.41) is 0. The molecule has 1 aromatic carbocycles. The van der Waals surface area contributed by atoms with Crippen LogP contribution in [0.1, 0.15) is 21.5 Å². The number of amides is 1. The highest BCUT2D eigenvalue weighted by molar-refractivity contribution is 5.93. The third-order valence-corrected chi connectivity index (χ3v) is 4.11. The molecule has 0 aliphatic rings. The first-order valence-corrected chi connectivity index (χ1v) is 8.38. The van der Waals surface area contributed by atoms with E-state index in [4.69, 9.17) is 4.74 Å². The lowest BCUT2D eigenvalue weighted by Crippen LogP contribution is -2.35. The van der Waals surface area contributed by atoms with E-state index >= 15 is 0 Å². The molecule has 134 valence electrons. The minimum absolute atomic E-state index is 0.0474. The third kappa shape index (κ3) is 3.74. The van der Waals surface area contributed by atoms with E-state index in [1.54, 1.807) is 19.3 Å². The van der Waals surface area contributed by atoms with E-state index in [0.29, 0.717) is 18.8 Å². The van der Waals surface area contributed by atoms with Crippen molar-refractivity contribution in [2.75, 3.05) is 20.2 Å². The normalized spacial score (nSPS) is 10.7. The lowest BCUT2D eigenvalue weighted by Gasteiger charge is -2.17. The molecule has 0 spiro atoms. The predicted molar refractivity (Wildman–Crippen MR) is 99.8 cm³/mol. The Bertz CT molecular complexity index is 1010. The lowest BCUT2D eigenvalue weighted by atomic mass is 10.2. The molecule has 0 radical (unpaired) electrons. The number of aromatic nitrogens is 2. The van der Waals surface area contributed by atoms with Crippen LogP contribution in [-0.2, 0) is 0 Å². The molecule has 0 saturated heterocycles. The van der Waals surface area contributed by atoms with Gasteiger partial charge in [-0.15, -0.1) is 0 Å². The fraction of sp³-hybridized carbons (Fsp3) is 0.250. The zero-order valence-electron chi connectivity index (χ0n) is 15.1. The number of nitrogens with zero attached hydrogens (tertiary/aromatic N) is 3. The molecular formula is C20H21N3O3. The summed E-state index contributed by atoms with van der Waals surface area (Å²) < 4.78 is 7.07. The molecule has 0 fully saturated rings. The summed E-state index contributed by atoms with van der Waals surface area (Å²) in [6.45, 7) is 4.58. The van der Waals surface area contributed by atoms with Gasteiger partial charge in [-0.1, -0.05) is 18.2 Å². The Labute approximate surface area is 151 Å². The van der Waals surface area contributed by atoms with E-state index in [9.17, 15) is 9.59 Å². The molecular weight excluding hydrogens is 330 g/mol. The molecule has 6 nitrogen and oxygen atoms in total. The van der Waals surface area contributed by atoms with Crippen molar-refractivity contribution in [3.8, 4) is 5.75 Å². The van der Waals surface area contributed by atoms with Crippen LogP contribution in [0.5, 0.6) is 5.75 Å². The van der Waals surface area contributed by atoms with Crippen molar-refractivity contribution < 1.29 is 9.53 Å². The van der Waals surface area contributed by atoms with Gasteiger partial charge in [0.15, 0.2) is 0 Å². The molecule has 1 amide bonds. The number of ether oxygens (including phenoxy) is 1. The van der Waals surface area contributed by atoms with Crippen LogP contribution in [0.15, 0.2) is 53.6 Å². The number of hydrogen-bond donors (Lipinski definition) is 0. The maximum atomic E-state index is 12.6. The number of benzene rings is 1. The van der Waals surface area contributed by atoms with Crippen LogP contribution in [0.25, 0.3) is 5.65 Å². The van der Waals surface area contributed by atoms with Gasteiger partial charge in [-0.3, -0.25) is 14.0 Å². The van der Waals surface area contributed by atoms with Crippen LogP contribution in [0.4, 0.5) is 0 Å². The molecule has 0 aliphatic heterocycles. The van der Waals surface area contributed by atoms with Crippen molar-refractivity contribution in [3.63, 3.8) is 0 Å². The maximum Gasteiger partial charge on any atom is 0.270 e. The maximum absolute atomic E-state index is 12.6. The van der Waals surface area contributed by atoms with E-state index in [1.807, 2.05) is 44.2 Å². The summed E-state index contributed by atoms with van der Waals surface area (Å²) in [5.41, 5.74) is 2.23. The van der Waals surface area contributed by atoms with Gasteiger partial charge in [0, 0.05) is 19.4 Å². The monoisotopic (exact) mass is 351 g/mol. The van der Waals surface area contributed by atoms with Crippen LogP contribution < -0.4 is 10.3 Å². The second kappa shape index (κ2) is 7.39. The number of hydrogen-bond acceptors (Lipinski definition) is 4. The van der Waals surface area contributed by atoms with E-state index in [1.165, 1.54) is 15.5 Å². The van der Waals surface area contributed by atoms with Crippen molar-refractivity contribution in [2.24, 2.45) is 0 Å². The number of fused-ring (bicyclic) bond motifs is 1. The zero-order chi connectivity index (χ0) is 18.7. The molecule has 2 heterocycles. The Morgan fingerprint density at radius 1 is 1.19 bits per heavy atom. The van der Waals surface area contributed by atoms with Gasteiger partial charge >= 0.3 is 0 Å². The Kier molecular flexibility index (Phi) is 5.02. The first-order valence-electron chi connectivity index (χ1n) is 8.38. The minimum atomic E-state index is -0.369. The largest absolute Gasteiger partial charge is 0.492 e. The van der Waals surface area contributed by atoms with Gasteiger partial charge in [-0.05, 0) is 43.2 Å². The third-order valence-electron chi connectivity index (χ3n) is 4.11. The second-order valence-electron chi connectivity index (χ2n) is 6.30. The van der Waals surface area contributed by atoms with Crippen LogP contribution in [-0.4, -0.2) is 40.4 Å². The molecule has 0 N–H and O–H groups in total. The zero-order valence-corrected chi connectivity index (χ0v) is 15.1. The van der Waals surface area contributed by atoms with Gasteiger partial charge in [0.1, 0.15) is 23.6 Å². The van der Waals surface area contributed by atoms with Gasteiger partial charge in [-0.25, -0.2) is 4.98 Å². The highest BCUT2D eigenvalue weighted by Crippen LogP contribution is 2.12. The first-order chi connectivity index (χ1) is 12.5. The number of likely N-dealkylation sites (N-methyl/N-ethyl adjacent to an activating group) is 1. The molecule has 6 heteroatoms. The summed E-state index contributed by atoms with van der Waals surface area (Å²) in [6, 6.07) is 11.3. The molecule has 2 aromatic heterocycles. The molecule has 0 saturated carbocycles. The van der Waals surface area contributed by atoms with Gasteiger partial charge in [0.05, 0.1) is 6.54 Å². The van der Waals surface area contributed by atoms with Crippen molar-refractivity contribution >= 4 is 11.6 Å². The van der Waals surface area contributed by atoms with Crippen LogP contribution >= 0.6 is 0 Å². The van der Waals surface area contributed by atoms with Crippen LogP contribution in [0.3, 0.4) is 0 Å². The predicted octanol–water partition coefficient (Wildman–Crippen LogP) is 2.46. The summed E-state index contributed by atoms with van der Waals surface area (Å²) >= 11 is 0. The average molecular weight is 351 g/mol. The Balaban J connectivity index is 1.71. The minimum Gasteiger partial charge on any atom is -0.492 e. The Morgan fingerprint density at radius 3 is 2.77 bits per heavy atom.